The summed E-state index contributed by atoms with van der Waals surface area (Å²) in [5.74, 6) is -4.95. The average molecular weight is 559 g/mol. The number of aliphatic hydroxyl groups excluding tert-OH is 1. The van der Waals surface area contributed by atoms with Gasteiger partial charge in [0.15, 0.2) is 0 Å². The number of esters is 1. The first-order valence-corrected chi connectivity index (χ1v) is 11.3. The van der Waals surface area contributed by atoms with Gasteiger partial charge in [0.1, 0.15) is 18.5 Å². The maximum Gasteiger partial charge on any atom is 0.329 e. The third-order valence-electron chi connectivity index (χ3n) is 5.05. The maximum absolute atomic E-state index is 14.7. The Morgan fingerprint density at radius 3 is 2.74 bits per heavy atom. The van der Waals surface area contributed by atoms with Gasteiger partial charge in [0.2, 0.25) is 11.6 Å². The summed E-state index contributed by atoms with van der Waals surface area (Å²) in [6.45, 7) is 1.90. The van der Waals surface area contributed by atoms with E-state index in [0.29, 0.717) is 33.0 Å². The quantitative estimate of drug-likeness (QED) is 0.432. The topological polar surface area (TPSA) is 95.7 Å². The number of hydrogen-bond acceptors (Lipinski definition) is 7. The van der Waals surface area contributed by atoms with Crippen molar-refractivity contribution in [3.63, 3.8) is 0 Å². The molecule has 0 bridgehead atoms. The van der Waals surface area contributed by atoms with Crippen LogP contribution in [-0.2, 0) is 20.2 Å². The van der Waals surface area contributed by atoms with Crippen molar-refractivity contribution in [3.05, 3.63) is 68.7 Å². The minimum atomic E-state index is -3.74. The molecule has 8 nitrogen and oxygen atoms in total. The van der Waals surface area contributed by atoms with Crippen molar-refractivity contribution in [2.75, 3.05) is 13.2 Å². The molecular weight excluding hydrogens is 540 g/mol. The van der Waals surface area contributed by atoms with Gasteiger partial charge in [0.25, 0.3) is 6.29 Å². The zero-order valence-electron chi connectivity index (χ0n) is 18.0. The van der Waals surface area contributed by atoms with Crippen LogP contribution >= 0.6 is 27.5 Å². The van der Waals surface area contributed by atoms with Crippen molar-refractivity contribution in [2.45, 2.75) is 32.2 Å². The number of fused-ring (bicyclic) bond motifs is 3. The zero-order valence-corrected chi connectivity index (χ0v) is 20.3. The predicted molar refractivity (Wildman–Crippen MR) is 120 cm³/mol. The minimum absolute atomic E-state index is 0.193. The highest BCUT2D eigenvalue weighted by molar-refractivity contribution is 9.10. The van der Waals surface area contributed by atoms with Crippen molar-refractivity contribution in [2.24, 2.45) is 0 Å². The van der Waals surface area contributed by atoms with Gasteiger partial charge in [0.05, 0.1) is 16.8 Å². The van der Waals surface area contributed by atoms with Crippen LogP contribution in [0.4, 0.5) is 8.78 Å². The zero-order chi connectivity index (χ0) is 24.6. The molecule has 0 saturated carbocycles. The Bertz CT molecular complexity index is 1240. The molecule has 0 saturated heterocycles. The second-order valence-corrected chi connectivity index (χ2v) is 8.56. The second-order valence-electron chi connectivity index (χ2n) is 7.33. The molecule has 180 valence electrons. The van der Waals surface area contributed by atoms with Crippen LogP contribution in [0.1, 0.15) is 49.0 Å². The van der Waals surface area contributed by atoms with Gasteiger partial charge >= 0.3 is 11.9 Å². The molecule has 2 atom stereocenters. The van der Waals surface area contributed by atoms with Crippen molar-refractivity contribution in [1.29, 1.82) is 0 Å². The number of carbonyl (C=O) groups is 1. The first kappa shape index (κ1) is 24.5. The van der Waals surface area contributed by atoms with Gasteiger partial charge in [-0.2, -0.15) is 8.78 Å². The van der Waals surface area contributed by atoms with Gasteiger partial charge in [0, 0.05) is 23.1 Å². The highest BCUT2D eigenvalue weighted by atomic mass is 79.9. The molecule has 2 aromatic carbocycles. The fourth-order valence-electron chi connectivity index (χ4n) is 3.66. The largest absolute Gasteiger partial charge is 0.493 e. The summed E-state index contributed by atoms with van der Waals surface area (Å²) in [7, 11) is 0. The van der Waals surface area contributed by atoms with Crippen LogP contribution in [0.3, 0.4) is 0 Å². The van der Waals surface area contributed by atoms with E-state index in [0.717, 1.165) is 11.5 Å². The van der Waals surface area contributed by atoms with Gasteiger partial charge in [-0.3, -0.25) is 9.36 Å². The van der Waals surface area contributed by atoms with Crippen molar-refractivity contribution >= 4 is 33.5 Å². The molecule has 1 aliphatic heterocycles. The third kappa shape index (κ3) is 4.40. The summed E-state index contributed by atoms with van der Waals surface area (Å²) in [5.41, 5.74) is 1.18. The summed E-state index contributed by atoms with van der Waals surface area (Å²) >= 11 is 9.81. The number of aromatic nitrogens is 3. The van der Waals surface area contributed by atoms with Crippen LogP contribution in [-0.4, -0.2) is 39.1 Å². The smallest absolute Gasteiger partial charge is 0.329 e. The van der Waals surface area contributed by atoms with Gasteiger partial charge in [-0.05, 0) is 47.1 Å². The summed E-state index contributed by atoms with van der Waals surface area (Å²) in [4.78, 5) is 11.9. The van der Waals surface area contributed by atoms with Gasteiger partial charge in [-0.1, -0.05) is 23.7 Å². The fourth-order valence-corrected chi connectivity index (χ4v) is 4.43. The van der Waals surface area contributed by atoms with Crippen LogP contribution in [0.15, 0.2) is 40.9 Å². The van der Waals surface area contributed by atoms with Crippen LogP contribution in [0.2, 0.25) is 5.02 Å². The molecule has 2 heterocycles. The standard InChI is InChI=1S/C22H19BrClF2N3O5/c1-3-32-16-6-4-5-13(17(16)23)18-14-9-12(24)7-8-15(14)29-19(20(34-18)33-11(2)31)27-28-21(29)22(25,26)10-30/h4-9,18,20,30H,3,10H2,1-2H3/t18-,20+/m1/s1. The molecule has 0 amide bonds. The fraction of sp³-hybridized carbons (Fsp3) is 0.318. The molecule has 34 heavy (non-hydrogen) atoms. The van der Waals surface area contributed by atoms with E-state index in [1.165, 1.54) is 12.1 Å². The Hall–Kier alpha value is -2.60. The molecule has 12 heteroatoms. The summed E-state index contributed by atoms with van der Waals surface area (Å²) in [6.07, 6.45) is -2.43. The third-order valence-corrected chi connectivity index (χ3v) is 6.13. The molecular formula is C22H19BrClF2N3O5. The monoisotopic (exact) mass is 557 g/mol. The van der Waals surface area contributed by atoms with Gasteiger partial charge in [-0.15, -0.1) is 10.2 Å². The Balaban J connectivity index is 2.01. The lowest BCUT2D eigenvalue weighted by atomic mass is 9.99. The van der Waals surface area contributed by atoms with E-state index in [1.54, 1.807) is 24.3 Å². The van der Waals surface area contributed by atoms with Gasteiger partial charge < -0.3 is 19.3 Å². The van der Waals surface area contributed by atoms with E-state index in [-0.39, 0.29) is 11.5 Å². The maximum atomic E-state index is 14.7. The molecule has 0 fully saturated rings. The number of rotatable bonds is 6. The Morgan fingerprint density at radius 2 is 2.06 bits per heavy atom. The van der Waals surface area contributed by atoms with E-state index in [2.05, 4.69) is 26.1 Å². The predicted octanol–water partition coefficient (Wildman–Crippen LogP) is 4.85. The van der Waals surface area contributed by atoms with Gasteiger partial charge in [-0.25, -0.2) is 0 Å². The number of aliphatic hydroxyl groups is 1. The average Bonchev–Trinajstić information content (AvgIpc) is 3.19. The van der Waals surface area contributed by atoms with E-state index in [9.17, 15) is 18.7 Å². The van der Waals surface area contributed by atoms with Crippen LogP contribution in [0.25, 0.3) is 5.69 Å². The first-order chi connectivity index (χ1) is 16.2. The molecule has 0 radical (unpaired) electrons. The normalized spacial score (nSPS) is 17.5. The highest BCUT2D eigenvalue weighted by Crippen LogP contribution is 2.45. The van der Waals surface area contributed by atoms with Crippen molar-refractivity contribution in [1.82, 2.24) is 14.8 Å². The number of alkyl halides is 2. The van der Waals surface area contributed by atoms with Crippen LogP contribution in [0, 0.1) is 0 Å². The lowest BCUT2D eigenvalue weighted by molar-refractivity contribution is -0.188. The molecule has 3 aromatic rings. The lowest BCUT2D eigenvalue weighted by Crippen LogP contribution is -2.25. The van der Waals surface area contributed by atoms with Crippen LogP contribution < -0.4 is 4.74 Å². The summed E-state index contributed by atoms with van der Waals surface area (Å²) in [6, 6.07) is 9.83. The SMILES string of the molecule is CCOc1cccc([C@H]2O[C@H](OC(C)=O)c3nnc(C(F)(F)CO)n3-c3ccc(Cl)cc32)c1Br. The molecule has 1 aromatic heterocycles. The number of halogens is 4. The molecule has 0 aliphatic carbocycles. The number of hydrogen-bond donors (Lipinski definition) is 1. The van der Waals surface area contributed by atoms with Crippen molar-refractivity contribution < 1.29 is 32.9 Å². The molecule has 0 unspecified atom stereocenters. The molecule has 1 N–H and O–H groups in total. The number of carbonyl (C=O) groups excluding carboxylic acids is 1. The second kappa shape index (κ2) is 9.57. The highest BCUT2D eigenvalue weighted by Gasteiger charge is 2.43. The molecule has 4 rings (SSSR count). The Labute approximate surface area is 206 Å². The first-order valence-electron chi connectivity index (χ1n) is 10.2. The summed E-state index contributed by atoms with van der Waals surface area (Å²) < 4.78 is 48.0. The van der Waals surface area contributed by atoms with Crippen molar-refractivity contribution in [3.8, 4) is 11.4 Å². The van der Waals surface area contributed by atoms with E-state index in [1.807, 2.05) is 6.92 Å². The minimum Gasteiger partial charge on any atom is -0.493 e. The van der Waals surface area contributed by atoms with E-state index >= 15 is 0 Å². The van der Waals surface area contributed by atoms with E-state index < -0.39 is 36.7 Å². The summed E-state index contributed by atoms with van der Waals surface area (Å²) in [5, 5.41) is 17.0. The lowest BCUT2D eigenvalue weighted by Gasteiger charge is -2.24. The molecule has 1 aliphatic rings. The number of benzene rings is 2. The molecule has 0 spiro atoms. The van der Waals surface area contributed by atoms with Crippen LogP contribution in [0.5, 0.6) is 5.75 Å². The van der Waals surface area contributed by atoms with E-state index in [4.69, 9.17) is 25.8 Å². The number of ether oxygens (including phenoxy) is 3. The Morgan fingerprint density at radius 1 is 1.29 bits per heavy atom. The number of nitrogens with zero attached hydrogens (tertiary/aromatic N) is 3. The Kier molecular flexibility index (Phi) is 6.90.